The molecule has 0 aromatic heterocycles. The molecule has 1 saturated carbocycles. The van der Waals surface area contributed by atoms with Crippen LogP contribution in [0.5, 0.6) is 0 Å². The van der Waals surface area contributed by atoms with Crippen molar-refractivity contribution in [3.8, 4) is 0 Å². The first-order valence-corrected chi connectivity index (χ1v) is 5.32. The Bertz CT molecular complexity index is 312. The summed E-state index contributed by atoms with van der Waals surface area (Å²) in [6, 6.07) is 0. The van der Waals surface area contributed by atoms with E-state index >= 15 is 0 Å². The van der Waals surface area contributed by atoms with Crippen molar-refractivity contribution in [3.63, 3.8) is 0 Å². The summed E-state index contributed by atoms with van der Waals surface area (Å²) in [4.78, 5) is 11.4. The van der Waals surface area contributed by atoms with Gasteiger partial charge in [-0.1, -0.05) is 13.8 Å². The fourth-order valence-corrected chi connectivity index (χ4v) is 3.21. The molecular formula is C11H18O4. The summed E-state index contributed by atoms with van der Waals surface area (Å²) >= 11 is 0. The van der Waals surface area contributed by atoms with Gasteiger partial charge in [0, 0.05) is 11.8 Å². The molecule has 0 aromatic rings. The van der Waals surface area contributed by atoms with Crippen LogP contribution in [0.15, 0.2) is 0 Å². The molecule has 0 bridgehead atoms. The summed E-state index contributed by atoms with van der Waals surface area (Å²) < 4.78 is 5.21. The molecule has 0 amide bonds. The van der Waals surface area contributed by atoms with Crippen molar-refractivity contribution in [1.29, 1.82) is 0 Å². The summed E-state index contributed by atoms with van der Waals surface area (Å²) in [6.45, 7) is 5.45. The zero-order valence-electron chi connectivity index (χ0n) is 9.41. The molecule has 1 heterocycles. The number of carbonyl (C=O) groups excluding carboxylic acids is 1. The Labute approximate surface area is 89.2 Å². The maximum absolute atomic E-state index is 11.4. The maximum atomic E-state index is 11.4. The monoisotopic (exact) mass is 214 g/mol. The highest BCUT2D eigenvalue weighted by molar-refractivity contribution is 5.75. The van der Waals surface area contributed by atoms with E-state index in [1.807, 2.05) is 13.8 Å². The molecule has 3 atom stereocenters. The highest BCUT2D eigenvalue weighted by Crippen LogP contribution is 2.55. The quantitative estimate of drug-likeness (QED) is 0.580. The molecule has 2 rings (SSSR count). The summed E-state index contributed by atoms with van der Waals surface area (Å²) in [6.07, 6.45) is 0.327. The molecule has 0 unspecified atom stereocenters. The van der Waals surface area contributed by atoms with E-state index in [1.54, 1.807) is 6.92 Å². The minimum Gasteiger partial charge on any atom is -0.456 e. The van der Waals surface area contributed by atoms with Gasteiger partial charge in [-0.15, -0.1) is 0 Å². The Morgan fingerprint density at radius 3 is 2.53 bits per heavy atom. The molecule has 15 heavy (non-hydrogen) atoms. The number of aliphatic hydroxyl groups excluding tert-OH is 1. The highest BCUT2D eigenvalue weighted by Gasteiger charge is 2.67. The average molecular weight is 214 g/mol. The second-order valence-corrected chi connectivity index (χ2v) is 5.69. The Hall–Kier alpha value is -0.610. The van der Waals surface area contributed by atoms with E-state index in [-0.39, 0.29) is 12.4 Å². The number of aliphatic hydroxyl groups is 2. The minimum atomic E-state index is -1.16. The molecule has 2 aliphatic rings. The van der Waals surface area contributed by atoms with Crippen LogP contribution in [-0.2, 0) is 9.53 Å². The lowest BCUT2D eigenvalue weighted by Crippen LogP contribution is -2.63. The molecule has 2 fully saturated rings. The molecule has 1 aliphatic heterocycles. The van der Waals surface area contributed by atoms with Crippen LogP contribution in [0.25, 0.3) is 0 Å². The fraction of sp³-hybridized carbons (Fsp3) is 0.909. The smallest absolute Gasteiger partial charge is 0.309 e. The van der Waals surface area contributed by atoms with Crippen molar-refractivity contribution in [3.05, 3.63) is 0 Å². The van der Waals surface area contributed by atoms with Crippen molar-refractivity contribution in [2.45, 2.75) is 57.3 Å². The summed E-state index contributed by atoms with van der Waals surface area (Å²) in [5.74, 6) is -0.373. The van der Waals surface area contributed by atoms with E-state index in [0.29, 0.717) is 12.8 Å². The third kappa shape index (κ3) is 1.24. The molecule has 4 heteroatoms. The predicted molar refractivity (Wildman–Crippen MR) is 53.1 cm³/mol. The largest absolute Gasteiger partial charge is 0.456 e. The van der Waals surface area contributed by atoms with E-state index < -0.39 is 22.7 Å². The average Bonchev–Trinajstić information content (AvgIpc) is 2.19. The van der Waals surface area contributed by atoms with Crippen LogP contribution in [0.2, 0.25) is 0 Å². The van der Waals surface area contributed by atoms with Gasteiger partial charge in [0.1, 0.15) is 11.2 Å². The third-order valence-corrected chi connectivity index (χ3v) is 4.10. The molecule has 0 spiro atoms. The van der Waals surface area contributed by atoms with Gasteiger partial charge in [0.05, 0.1) is 12.5 Å². The van der Waals surface area contributed by atoms with E-state index in [1.165, 1.54) is 0 Å². The lowest BCUT2D eigenvalue weighted by atomic mass is 9.57. The van der Waals surface area contributed by atoms with E-state index in [0.717, 1.165) is 0 Å². The second kappa shape index (κ2) is 2.74. The van der Waals surface area contributed by atoms with Crippen molar-refractivity contribution in [2.75, 3.05) is 0 Å². The number of fused-ring (bicyclic) bond motifs is 1. The van der Waals surface area contributed by atoms with Crippen LogP contribution in [0.4, 0.5) is 0 Å². The number of carbonyl (C=O) groups is 1. The Balaban J connectivity index is 2.46. The van der Waals surface area contributed by atoms with Crippen molar-refractivity contribution in [2.24, 2.45) is 5.41 Å². The van der Waals surface area contributed by atoms with Crippen LogP contribution < -0.4 is 0 Å². The van der Waals surface area contributed by atoms with Crippen LogP contribution in [0, 0.1) is 5.41 Å². The van der Waals surface area contributed by atoms with Crippen LogP contribution in [0.3, 0.4) is 0 Å². The van der Waals surface area contributed by atoms with Gasteiger partial charge in [0.15, 0.2) is 0 Å². The first kappa shape index (κ1) is 10.9. The first-order chi connectivity index (χ1) is 6.70. The minimum absolute atomic E-state index is 0.0310. The molecule has 0 radical (unpaired) electrons. The van der Waals surface area contributed by atoms with Crippen LogP contribution >= 0.6 is 0 Å². The Kier molecular flexibility index (Phi) is 1.99. The van der Waals surface area contributed by atoms with Crippen LogP contribution in [-0.4, -0.2) is 33.5 Å². The summed E-state index contributed by atoms with van der Waals surface area (Å²) in [5, 5.41) is 20.4. The molecule has 4 nitrogen and oxygen atoms in total. The predicted octanol–water partition coefficient (Wildman–Crippen LogP) is 0.604. The Morgan fingerprint density at radius 1 is 1.33 bits per heavy atom. The lowest BCUT2D eigenvalue weighted by Gasteiger charge is -2.52. The summed E-state index contributed by atoms with van der Waals surface area (Å²) in [7, 11) is 0. The lowest BCUT2D eigenvalue weighted by molar-refractivity contribution is -0.214. The zero-order valence-corrected chi connectivity index (χ0v) is 9.41. The van der Waals surface area contributed by atoms with E-state index in [9.17, 15) is 15.0 Å². The molecule has 86 valence electrons. The van der Waals surface area contributed by atoms with E-state index in [4.69, 9.17) is 4.74 Å². The second-order valence-electron chi connectivity index (χ2n) is 5.69. The highest BCUT2D eigenvalue weighted by atomic mass is 16.6. The Morgan fingerprint density at radius 2 is 1.93 bits per heavy atom. The molecule has 2 N–H and O–H groups in total. The third-order valence-electron chi connectivity index (χ3n) is 4.10. The fourth-order valence-electron chi connectivity index (χ4n) is 3.21. The van der Waals surface area contributed by atoms with Gasteiger partial charge in [-0.05, 0) is 13.3 Å². The normalized spacial score (nSPS) is 48.6. The van der Waals surface area contributed by atoms with Gasteiger partial charge in [-0.2, -0.15) is 0 Å². The first-order valence-electron chi connectivity index (χ1n) is 5.32. The summed E-state index contributed by atoms with van der Waals surface area (Å²) in [5.41, 5.74) is -2.60. The number of hydrogen-bond donors (Lipinski definition) is 2. The molecule has 1 aliphatic carbocycles. The number of rotatable bonds is 0. The topological polar surface area (TPSA) is 66.8 Å². The van der Waals surface area contributed by atoms with Crippen molar-refractivity contribution in [1.82, 2.24) is 0 Å². The van der Waals surface area contributed by atoms with Gasteiger partial charge in [-0.25, -0.2) is 0 Å². The standard InChI is InChI=1S/C11H18O4/c1-9(2)4-7(12)5-10(3)11(9,14)6-8(13)15-10/h7,12,14H,4-6H2,1-3H3/t7-,10+,11-/m1/s1. The van der Waals surface area contributed by atoms with Gasteiger partial charge in [-0.3, -0.25) is 4.79 Å². The number of esters is 1. The van der Waals surface area contributed by atoms with Crippen LogP contribution in [0.1, 0.15) is 40.0 Å². The van der Waals surface area contributed by atoms with Crippen molar-refractivity contribution >= 4 is 5.97 Å². The maximum Gasteiger partial charge on any atom is 0.309 e. The van der Waals surface area contributed by atoms with E-state index in [2.05, 4.69) is 0 Å². The molecule has 1 saturated heterocycles. The van der Waals surface area contributed by atoms with Gasteiger partial charge in [0.2, 0.25) is 0 Å². The SMILES string of the molecule is CC1(C)C[C@@H](O)C[C@]2(C)OC(=O)C[C@@]12O. The van der Waals surface area contributed by atoms with Gasteiger partial charge in [0.25, 0.3) is 0 Å². The molecule has 0 aromatic carbocycles. The number of ether oxygens (including phenoxy) is 1. The number of hydrogen-bond acceptors (Lipinski definition) is 4. The van der Waals surface area contributed by atoms with Crippen molar-refractivity contribution < 1.29 is 19.7 Å². The molecular weight excluding hydrogens is 196 g/mol. The van der Waals surface area contributed by atoms with Gasteiger partial charge < -0.3 is 14.9 Å². The van der Waals surface area contributed by atoms with Gasteiger partial charge >= 0.3 is 5.97 Å². The zero-order chi connectivity index (χ0) is 11.5.